The number of unbranched alkanes of at least 4 members (excludes halogenated alkanes) is 2. The van der Waals surface area contributed by atoms with Crippen molar-refractivity contribution in [3.05, 3.63) is 83.7 Å². The highest BCUT2D eigenvalue weighted by Crippen LogP contribution is 2.27. The van der Waals surface area contributed by atoms with Gasteiger partial charge in [-0.05, 0) is 40.5 Å². The molecule has 172 valence electrons. The highest BCUT2D eigenvalue weighted by atomic mass is 32.2. The Balaban J connectivity index is 1.34. The second kappa shape index (κ2) is 10.2. The SMILES string of the molecule is CCCCCC(=O)Nc1ccc(C2=Nn3c(Cc4cccc5ccccc45)nnc3SC2)cc1. The average molecular weight is 470 g/mol. The van der Waals surface area contributed by atoms with Gasteiger partial charge in [-0.1, -0.05) is 86.1 Å². The number of carbonyl (C=O) groups is 1. The summed E-state index contributed by atoms with van der Waals surface area (Å²) in [5, 5.41) is 19.9. The van der Waals surface area contributed by atoms with Crippen molar-refractivity contribution in [2.45, 2.75) is 44.2 Å². The molecule has 0 radical (unpaired) electrons. The van der Waals surface area contributed by atoms with E-state index in [1.807, 2.05) is 28.9 Å². The van der Waals surface area contributed by atoms with Crippen LogP contribution in [0.25, 0.3) is 10.8 Å². The lowest BCUT2D eigenvalue weighted by atomic mass is 10.0. The Morgan fingerprint density at radius 2 is 1.82 bits per heavy atom. The number of rotatable bonds is 8. The molecule has 34 heavy (non-hydrogen) atoms. The summed E-state index contributed by atoms with van der Waals surface area (Å²) < 4.78 is 1.87. The van der Waals surface area contributed by atoms with Crippen LogP contribution in [0.4, 0.5) is 5.69 Å². The Hall–Kier alpha value is -3.45. The van der Waals surface area contributed by atoms with E-state index in [2.05, 4.69) is 64.9 Å². The Bertz CT molecular complexity index is 1340. The van der Waals surface area contributed by atoms with Crippen LogP contribution >= 0.6 is 11.8 Å². The third-order valence-corrected chi connectivity index (χ3v) is 6.90. The van der Waals surface area contributed by atoms with Crippen LogP contribution in [0.15, 0.2) is 77.0 Å². The van der Waals surface area contributed by atoms with E-state index in [0.717, 1.165) is 53.0 Å². The molecule has 1 aliphatic rings. The molecule has 1 aromatic heterocycles. The van der Waals surface area contributed by atoms with Crippen molar-refractivity contribution in [1.29, 1.82) is 0 Å². The fraction of sp³-hybridized carbons (Fsp3) is 0.259. The number of hydrogen-bond donors (Lipinski definition) is 1. The van der Waals surface area contributed by atoms with Crippen LogP contribution < -0.4 is 5.32 Å². The zero-order valence-electron chi connectivity index (χ0n) is 19.2. The zero-order valence-corrected chi connectivity index (χ0v) is 20.0. The van der Waals surface area contributed by atoms with Gasteiger partial charge in [0, 0.05) is 24.3 Å². The van der Waals surface area contributed by atoms with Gasteiger partial charge < -0.3 is 5.32 Å². The van der Waals surface area contributed by atoms with Crippen molar-refractivity contribution in [2.24, 2.45) is 5.10 Å². The summed E-state index contributed by atoms with van der Waals surface area (Å²) in [6, 6.07) is 22.7. The lowest BCUT2D eigenvalue weighted by Crippen LogP contribution is -2.15. The number of nitrogens with zero attached hydrogens (tertiary/aromatic N) is 4. The molecule has 0 saturated carbocycles. The van der Waals surface area contributed by atoms with E-state index in [1.54, 1.807) is 11.8 Å². The zero-order chi connectivity index (χ0) is 23.3. The molecule has 2 heterocycles. The molecule has 0 fully saturated rings. The van der Waals surface area contributed by atoms with E-state index < -0.39 is 0 Å². The van der Waals surface area contributed by atoms with Crippen molar-refractivity contribution < 1.29 is 4.79 Å². The molecule has 1 aliphatic heterocycles. The molecule has 3 aromatic carbocycles. The molecule has 5 rings (SSSR count). The summed E-state index contributed by atoms with van der Waals surface area (Å²) in [6.07, 6.45) is 4.34. The molecule has 0 saturated heterocycles. The Labute approximate surface area is 203 Å². The van der Waals surface area contributed by atoms with Gasteiger partial charge in [0.15, 0.2) is 5.82 Å². The molecule has 7 heteroatoms. The van der Waals surface area contributed by atoms with Crippen LogP contribution in [0.5, 0.6) is 0 Å². The average Bonchev–Trinajstić information content (AvgIpc) is 3.27. The molecule has 0 spiro atoms. The number of benzene rings is 3. The van der Waals surface area contributed by atoms with Crippen LogP contribution in [-0.4, -0.2) is 32.2 Å². The number of anilines is 1. The maximum Gasteiger partial charge on any atom is 0.224 e. The van der Waals surface area contributed by atoms with E-state index >= 15 is 0 Å². The molecule has 0 aliphatic carbocycles. The van der Waals surface area contributed by atoms with E-state index in [1.165, 1.54) is 16.3 Å². The minimum Gasteiger partial charge on any atom is -0.326 e. The van der Waals surface area contributed by atoms with Crippen molar-refractivity contribution in [3.63, 3.8) is 0 Å². The van der Waals surface area contributed by atoms with Gasteiger partial charge in [-0.25, -0.2) is 0 Å². The Morgan fingerprint density at radius 3 is 2.68 bits per heavy atom. The lowest BCUT2D eigenvalue weighted by molar-refractivity contribution is -0.116. The maximum absolute atomic E-state index is 12.1. The molecule has 0 unspecified atom stereocenters. The maximum atomic E-state index is 12.1. The third kappa shape index (κ3) is 4.89. The van der Waals surface area contributed by atoms with Crippen LogP contribution in [-0.2, 0) is 11.2 Å². The number of carbonyl (C=O) groups excluding carboxylic acids is 1. The molecule has 4 aromatic rings. The van der Waals surface area contributed by atoms with Gasteiger partial charge in [-0.2, -0.15) is 9.78 Å². The third-order valence-electron chi connectivity index (χ3n) is 5.97. The van der Waals surface area contributed by atoms with Gasteiger partial charge in [0.05, 0.1) is 5.71 Å². The highest BCUT2D eigenvalue weighted by molar-refractivity contribution is 7.99. The van der Waals surface area contributed by atoms with Gasteiger partial charge in [0.25, 0.3) is 0 Å². The van der Waals surface area contributed by atoms with Crippen molar-refractivity contribution >= 4 is 39.8 Å². The topological polar surface area (TPSA) is 72.2 Å². The van der Waals surface area contributed by atoms with Gasteiger partial charge in [-0.3, -0.25) is 4.79 Å². The van der Waals surface area contributed by atoms with Gasteiger partial charge in [0.1, 0.15) is 0 Å². The fourth-order valence-electron chi connectivity index (χ4n) is 4.14. The molecule has 0 bridgehead atoms. The molecule has 6 nitrogen and oxygen atoms in total. The first-order chi connectivity index (χ1) is 16.7. The van der Waals surface area contributed by atoms with Crippen LogP contribution in [0.3, 0.4) is 0 Å². The highest BCUT2D eigenvalue weighted by Gasteiger charge is 2.20. The van der Waals surface area contributed by atoms with Crippen LogP contribution in [0.2, 0.25) is 0 Å². The standard InChI is InChI=1S/C27H27N5OS/c1-2-3-4-12-26(33)28-22-15-13-20(14-16-22)24-18-34-27-30-29-25(32(27)31-24)17-21-10-7-9-19-8-5-6-11-23(19)21/h5-11,13-16H,2-4,12,17-18H2,1H3,(H,28,33). The van der Waals surface area contributed by atoms with Crippen molar-refractivity contribution in [2.75, 3.05) is 11.1 Å². The summed E-state index contributed by atoms with van der Waals surface area (Å²) in [7, 11) is 0. The van der Waals surface area contributed by atoms with Gasteiger partial charge in [-0.15, -0.1) is 10.2 Å². The summed E-state index contributed by atoms with van der Waals surface area (Å²) >= 11 is 1.64. The van der Waals surface area contributed by atoms with E-state index in [9.17, 15) is 4.79 Å². The first kappa shape index (κ1) is 22.3. The first-order valence-corrected chi connectivity index (χ1v) is 12.7. The second-order valence-corrected chi connectivity index (χ2v) is 9.39. The minimum atomic E-state index is 0.0685. The van der Waals surface area contributed by atoms with E-state index in [4.69, 9.17) is 5.10 Å². The number of hydrogen-bond acceptors (Lipinski definition) is 5. The van der Waals surface area contributed by atoms with Crippen molar-refractivity contribution in [1.82, 2.24) is 14.9 Å². The predicted octanol–water partition coefficient (Wildman–Crippen LogP) is 5.90. The number of amides is 1. The predicted molar refractivity (Wildman–Crippen MR) is 139 cm³/mol. The molecule has 0 atom stereocenters. The Kier molecular flexibility index (Phi) is 6.72. The number of thioether (sulfide) groups is 1. The summed E-state index contributed by atoms with van der Waals surface area (Å²) in [5.41, 5.74) is 4.03. The van der Waals surface area contributed by atoms with Crippen LogP contribution in [0.1, 0.15) is 49.6 Å². The Morgan fingerprint density at radius 1 is 1.00 bits per heavy atom. The van der Waals surface area contributed by atoms with Gasteiger partial charge >= 0.3 is 0 Å². The van der Waals surface area contributed by atoms with Crippen molar-refractivity contribution in [3.8, 4) is 0 Å². The van der Waals surface area contributed by atoms with E-state index in [-0.39, 0.29) is 5.91 Å². The molecular weight excluding hydrogens is 442 g/mol. The summed E-state index contributed by atoms with van der Waals surface area (Å²) in [4.78, 5) is 12.1. The first-order valence-electron chi connectivity index (χ1n) is 11.7. The largest absolute Gasteiger partial charge is 0.326 e. The van der Waals surface area contributed by atoms with Gasteiger partial charge in [0.2, 0.25) is 11.1 Å². The minimum absolute atomic E-state index is 0.0685. The smallest absolute Gasteiger partial charge is 0.224 e. The number of aromatic nitrogens is 3. The lowest BCUT2D eigenvalue weighted by Gasteiger charge is -2.15. The van der Waals surface area contributed by atoms with E-state index in [0.29, 0.717) is 12.8 Å². The monoisotopic (exact) mass is 469 g/mol. The molecular formula is C27H27N5OS. The fourth-order valence-corrected chi connectivity index (χ4v) is 5.00. The number of nitrogens with one attached hydrogen (secondary N) is 1. The second-order valence-electron chi connectivity index (χ2n) is 8.44. The number of fused-ring (bicyclic) bond motifs is 2. The molecule has 1 N–H and O–H groups in total. The quantitative estimate of drug-likeness (QED) is 0.326. The summed E-state index contributed by atoms with van der Waals surface area (Å²) in [5.74, 6) is 1.63. The van der Waals surface area contributed by atoms with Crippen LogP contribution in [0, 0.1) is 0 Å². The normalized spacial score (nSPS) is 12.9. The molecule has 1 amide bonds. The summed E-state index contributed by atoms with van der Waals surface area (Å²) in [6.45, 7) is 2.14.